The number of hydrogen-bond acceptors (Lipinski definition) is 3. The van der Waals surface area contributed by atoms with Crippen molar-refractivity contribution in [2.45, 2.75) is 44.1 Å². The van der Waals surface area contributed by atoms with E-state index >= 15 is 0 Å². The van der Waals surface area contributed by atoms with Crippen LogP contribution < -0.4 is 0 Å². The zero-order chi connectivity index (χ0) is 23.2. The van der Waals surface area contributed by atoms with E-state index in [0.717, 1.165) is 34.1 Å². The Morgan fingerprint density at radius 1 is 1.00 bits per heavy atom. The Morgan fingerprint density at radius 3 is 2.55 bits per heavy atom. The van der Waals surface area contributed by atoms with Crippen LogP contribution >= 0.6 is 11.6 Å². The van der Waals surface area contributed by atoms with Crippen LogP contribution in [0.1, 0.15) is 65.6 Å². The van der Waals surface area contributed by atoms with Crippen molar-refractivity contribution >= 4 is 22.5 Å². The quantitative estimate of drug-likeness (QED) is 0.356. The summed E-state index contributed by atoms with van der Waals surface area (Å²) in [4.78, 5) is 4.91. The third-order valence-corrected chi connectivity index (χ3v) is 7.09. The molecule has 0 saturated carbocycles. The van der Waals surface area contributed by atoms with Gasteiger partial charge in [-0.3, -0.25) is 4.98 Å². The summed E-state index contributed by atoms with van der Waals surface area (Å²) in [6.45, 7) is 3.72. The molecule has 0 spiro atoms. The second-order valence-electron chi connectivity index (χ2n) is 9.46. The van der Waals surface area contributed by atoms with Gasteiger partial charge in [0.05, 0.1) is 11.1 Å². The Bertz CT molecular complexity index is 1330. The molecule has 168 valence electrons. The van der Waals surface area contributed by atoms with Crippen molar-refractivity contribution < 1.29 is 10.2 Å². The number of aromatic nitrogens is 1. The van der Waals surface area contributed by atoms with Gasteiger partial charge in [0.15, 0.2) is 0 Å². The fourth-order valence-corrected chi connectivity index (χ4v) is 5.39. The van der Waals surface area contributed by atoms with Gasteiger partial charge < -0.3 is 10.2 Å². The average molecular weight is 458 g/mol. The summed E-state index contributed by atoms with van der Waals surface area (Å²) < 4.78 is 0. The zero-order valence-corrected chi connectivity index (χ0v) is 19.7. The summed E-state index contributed by atoms with van der Waals surface area (Å²) in [7, 11) is 0. The van der Waals surface area contributed by atoms with E-state index in [1.807, 2.05) is 50.2 Å². The molecule has 0 aliphatic heterocycles. The van der Waals surface area contributed by atoms with Crippen molar-refractivity contribution in [3.05, 3.63) is 111 Å². The molecule has 0 fully saturated rings. The van der Waals surface area contributed by atoms with Gasteiger partial charge in [-0.2, -0.15) is 0 Å². The van der Waals surface area contributed by atoms with E-state index in [1.54, 1.807) is 0 Å². The molecular formula is C29H28ClNO2. The Kier molecular flexibility index (Phi) is 5.74. The van der Waals surface area contributed by atoms with Crippen LogP contribution in [0.5, 0.6) is 0 Å². The number of hydrogen-bond donors (Lipinski definition) is 2. The summed E-state index contributed by atoms with van der Waals surface area (Å²) in [6, 6.07) is 24.6. The highest BCUT2D eigenvalue weighted by Gasteiger charge is 2.34. The molecule has 1 aromatic heterocycles. The van der Waals surface area contributed by atoms with Crippen molar-refractivity contribution in [1.82, 2.24) is 4.98 Å². The van der Waals surface area contributed by atoms with Crippen LogP contribution in [0.4, 0.5) is 0 Å². The molecule has 2 N–H and O–H groups in total. The lowest BCUT2D eigenvalue weighted by molar-refractivity contribution is 0.0772. The molecular weight excluding hydrogens is 430 g/mol. The first-order valence-electron chi connectivity index (χ1n) is 11.5. The second kappa shape index (κ2) is 8.57. The SMILES string of the molecule is CC(C)(O)c1ccccc1C(CCO)c1cccc2c1C[C@@H]2c1ccc2ccc(Cl)cc2n1. The maximum absolute atomic E-state index is 10.8. The Hall–Kier alpha value is -2.72. The van der Waals surface area contributed by atoms with Crippen LogP contribution in [0.15, 0.2) is 72.8 Å². The number of aliphatic hydroxyl groups is 2. The van der Waals surface area contributed by atoms with Crippen molar-refractivity contribution in [3.8, 4) is 0 Å². The third kappa shape index (κ3) is 4.06. The predicted octanol–water partition coefficient (Wildman–Crippen LogP) is 6.32. The van der Waals surface area contributed by atoms with Crippen molar-refractivity contribution in [3.63, 3.8) is 0 Å². The van der Waals surface area contributed by atoms with Crippen molar-refractivity contribution in [2.75, 3.05) is 6.61 Å². The predicted molar refractivity (Wildman–Crippen MR) is 134 cm³/mol. The molecule has 4 aromatic rings. The van der Waals surface area contributed by atoms with Gasteiger partial charge in [0, 0.05) is 34.5 Å². The minimum atomic E-state index is -0.953. The molecule has 4 heteroatoms. The molecule has 1 aliphatic rings. The van der Waals surface area contributed by atoms with Gasteiger partial charge in [-0.05, 0) is 72.7 Å². The normalized spacial score (nSPS) is 16.3. The molecule has 5 rings (SSSR count). The van der Waals surface area contributed by atoms with Gasteiger partial charge in [-0.15, -0.1) is 0 Å². The number of nitrogens with zero attached hydrogens (tertiary/aromatic N) is 1. The monoisotopic (exact) mass is 457 g/mol. The molecule has 0 saturated heterocycles. The largest absolute Gasteiger partial charge is 0.396 e. The van der Waals surface area contributed by atoms with Gasteiger partial charge in [-0.1, -0.05) is 66.2 Å². The molecule has 2 atom stereocenters. The van der Waals surface area contributed by atoms with E-state index in [2.05, 4.69) is 36.4 Å². The third-order valence-electron chi connectivity index (χ3n) is 6.85. The van der Waals surface area contributed by atoms with Crippen LogP contribution in [0.2, 0.25) is 5.02 Å². The minimum Gasteiger partial charge on any atom is -0.396 e. The van der Waals surface area contributed by atoms with Gasteiger partial charge in [0.2, 0.25) is 0 Å². The number of aliphatic hydroxyl groups excluding tert-OH is 1. The Labute approximate surface area is 199 Å². The molecule has 3 aromatic carbocycles. The first-order chi connectivity index (χ1) is 15.9. The van der Waals surface area contributed by atoms with E-state index < -0.39 is 5.60 Å². The van der Waals surface area contributed by atoms with E-state index in [-0.39, 0.29) is 18.4 Å². The molecule has 1 aliphatic carbocycles. The summed E-state index contributed by atoms with van der Waals surface area (Å²) in [5, 5.41) is 22.5. The van der Waals surface area contributed by atoms with Crippen LogP contribution in [0.25, 0.3) is 10.9 Å². The number of pyridine rings is 1. The molecule has 1 unspecified atom stereocenters. The number of rotatable bonds is 6. The fourth-order valence-electron chi connectivity index (χ4n) is 5.22. The van der Waals surface area contributed by atoms with Crippen LogP contribution in [0, 0.1) is 0 Å². The standard InChI is InChI=1S/C29H28ClNO2/c1-29(2,33)26-9-4-3-6-23(26)22(14-15-32)20-7-5-8-21-24(20)17-25(21)27-13-11-18-10-12-19(30)16-28(18)31-27/h3-13,16,22,25,32-33H,14-15,17H2,1-2H3/t22?,25-/m0/s1. The topological polar surface area (TPSA) is 53.4 Å². The lowest BCUT2D eigenvalue weighted by Gasteiger charge is -2.35. The first-order valence-corrected chi connectivity index (χ1v) is 11.8. The molecule has 0 bridgehead atoms. The van der Waals surface area contributed by atoms with Gasteiger partial charge in [0.1, 0.15) is 0 Å². The van der Waals surface area contributed by atoms with Crippen LogP contribution in [-0.2, 0) is 12.0 Å². The van der Waals surface area contributed by atoms with E-state index in [1.165, 1.54) is 16.7 Å². The van der Waals surface area contributed by atoms with Crippen LogP contribution in [-0.4, -0.2) is 21.8 Å². The molecule has 0 radical (unpaired) electrons. The highest BCUT2D eigenvalue weighted by Crippen LogP contribution is 2.46. The molecule has 33 heavy (non-hydrogen) atoms. The minimum absolute atomic E-state index is 0.0249. The Balaban J connectivity index is 1.55. The molecule has 0 amide bonds. The van der Waals surface area contributed by atoms with Gasteiger partial charge in [0.25, 0.3) is 0 Å². The first kappa shape index (κ1) is 22.1. The maximum Gasteiger partial charge on any atom is 0.0843 e. The van der Waals surface area contributed by atoms with E-state index in [4.69, 9.17) is 16.6 Å². The van der Waals surface area contributed by atoms with Crippen molar-refractivity contribution in [2.24, 2.45) is 0 Å². The second-order valence-corrected chi connectivity index (χ2v) is 9.89. The lowest BCUT2D eigenvalue weighted by atomic mass is 9.69. The average Bonchev–Trinajstić information content (AvgIpc) is 2.77. The van der Waals surface area contributed by atoms with Gasteiger partial charge >= 0.3 is 0 Å². The number of halogens is 1. The number of fused-ring (bicyclic) bond motifs is 2. The highest BCUT2D eigenvalue weighted by molar-refractivity contribution is 6.31. The fraction of sp³-hybridized carbons (Fsp3) is 0.276. The molecule has 3 nitrogen and oxygen atoms in total. The summed E-state index contributed by atoms with van der Waals surface area (Å²) in [5.74, 6) is 0.277. The van der Waals surface area contributed by atoms with E-state index in [9.17, 15) is 10.2 Å². The highest BCUT2D eigenvalue weighted by atomic mass is 35.5. The summed E-state index contributed by atoms with van der Waals surface area (Å²) >= 11 is 6.19. The summed E-state index contributed by atoms with van der Waals surface area (Å²) in [5.41, 5.74) is 6.87. The number of benzene rings is 3. The maximum atomic E-state index is 10.8. The molecule has 1 heterocycles. The van der Waals surface area contributed by atoms with Crippen LogP contribution in [0.3, 0.4) is 0 Å². The zero-order valence-electron chi connectivity index (χ0n) is 18.9. The van der Waals surface area contributed by atoms with Crippen molar-refractivity contribution in [1.29, 1.82) is 0 Å². The van der Waals surface area contributed by atoms with E-state index in [0.29, 0.717) is 11.4 Å². The smallest absolute Gasteiger partial charge is 0.0843 e. The Morgan fingerprint density at radius 2 is 1.76 bits per heavy atom. The lowest BCUT2D eigenvalue weighted by Crippen LogP contribution is -2.25. The van der Waals surface area contributed by atoms with Gasteiger partial charge in [-0.25, -0.2) is 0 Å². The summed E-state index contributed by atoms with van der Waals surface area (Å²) in [6.07, 6.45) is 1.53.